The minimum atomic E-state index is 1.08. The van der Waals surface area contributed by atoms with Crippen molar-refractivity contribution >= 4 is 11.6 Å². The SMILES string of the molecule is C(=C1C=C(c2ccccc2)C1)c1ccccc1. The maximum Gasteiger partial charge on any atom is -0.00194 e. The van der Waals surface area contributed by atoms with Crippen molar-refractivity contribution < 1.29 is 0 Å². The van der Waals surface area contributed by atoms with Crippen LogP contribution in [0.15, 0.2) is 72.3 Å². The van der Waals surface area contributed by atoms with Gasteiger partial charge in [0, 0.05) is 0 Å². The second kappa shape index (κ2) is 4.42. The molecule has 0 nitrogen and oxygen atoms in total. The predicted molar refractivity (Wildman–Crippen MR) is 73.5 cm³/mol. The molecule has 0 heterocycles. The average molecular weight is 218 g/mol. The summed E-state index contributed by atoms with van der Waals surface area (Å²) in [5.74, 6) is 0. The molecule has 3 rings (SSSR count). The van der Waals surface area contributed by atoms with Gasteiger partial charge in [-0.2, -0.15) is 0 Å². The monoisotopic (exact) mass is 218 g/mol. The topological polar surface area (TPSA) is 0 Å². The number of hydrogen-bond donors (Lipinski definition) is 0. The summed E-state index contributed by atoms with van der Waals surface area (Å²) < 4.78 is 0. The number of rotatable bonds is 2. The summed E-state index contributed by atoms with van der Waals surface area (Å²) in [5, 5.41) is 0. The standard InChI is InChI=1S/C17H14/c1-3-7-14(8-4-1)11-15-12-17(13-15)16-9-5-2-6-10-16/h1-12H,13H2. The number of hydrogen-bond acceptors (Lipinski definition) is 0. The molecule has 0 saturated carbocycles. The fraction of sp³-hybridized carbons (Fsp3) is 0.0588. The molecule has 0 aromatic heterocycles. The Balaban J connectivity index is 1.80. The molecule has 0 bridgehead atoms. The highest BCUT2D eigenvalue weighted by Gasteiger charge is 2.12. The normalized spacial score (nSPS) is 16.5. The maximum absolute atomic E-state index is 2.28. The van der Waals surface area contributed by atoms with Gasteiger partial charge in [0.05, 0.1) is 0 Å². The lowest BCUT2D eigenvalue weighted by atomic mass is 9.86. The van der Waals surface area contributed by atoms with E-state index in [0.717, 1.165) is 6.42 Å². The Kier molecular flexibility index (Phi) is 2.63. The third kappa shape index (κ3) is 2.21. The van der Waals surface area contributed by atoms with Crippen molar-refractivity contribution in [3.63, 3.8) is 0 Å². The van der Waals surface area contributed by atoms with E-state index in [2.05, 4.69) is 66.7 Å². The Morgan fingerprint density at radius 3 is 2.00 bits per heavy atom. The highest BCUT2D eigenvalue weighted by Crippen LogP contribution is 2.34. The lowest BCUT2D eigenvalue weighted by molar-refractivity contribution is 1.23. The van der Waals surface area contributed by atoms with E-state index in [4.69, 9.17) is 0 Å². The lowest BCUT2D eigenvalue weighted by Crippen LogP contribution is -1.97. The van der Waals surface area contributed by atoms with Crippen LogP contribution in [-0.4, -0.2) is 0 Å². The Morgan fingerprint density at radius 2 is 1.35 bits per heavy atom. The molecule has 0 fully saturated rings. The largest absolute Gasteiger partial charge is 0.0622 e. The van der Waals surface area contributed by atoms with E-state index in [1.54, 1.807) is 0 Å². The molecule has 0 amide bonds. The zero-order chi connectivity index (χ0) is 11.5. The van der Waals surface area contributed by atoms with Crippen molar-refractivity contribution in [2.75, 3.05) is 0 Å². The van der Waals surface area contributed by atoms with Crippen LogP contribution in [0.5, 0.6) is 0 Å². The first kappa shape index (κ1) is 10.1. The third-order valence-corrected chi connectivity index (χ3v) is 3.05. The first-order valence-electron chi connectivity index (χ1n) is 5.93. The molecular formula is C17H14. The van der Waals surface area contributed by atoms with E-state index in [1.807, 2.05) is 6.07 Å². The molecule has 1 aliphatic carbocycles. The van der Waals surface area contributed by atoms with Crippen LogP contribution in [-0.2, 0) is 0 Å². The van der Waals surface area contributed by atoms with Gasteiger partial charge in [-0.3, -0.25) is 0 Å². The van der Waals surface area contributed by atoms with Gasteiger partial charge in [-0.25, -0.2) is 0 Å². The summed E-state index contributed by atoms with van der Waals surface area (Å²) >= 11 is 0. The van der Waals surface area contributed by atoms with Gasteiger partial charge in [0.2, 0.25) is 0 Å². The van der Waals surface area contributed by atoms with E-state index in [0.29, 0.717) is 0 Å². The van der Waals surface area contributed by atoms with Gasteiger partial charge in [0.25, 0.3) is 0 Å². The van der Waals surface area contributed by atoms with Crippen LogP contribution in [0.1, 0.15) is 17.5 Å². The van der Waals surface area contributed by atoms with Crippen molar-refractivity contribution in [2.24, 2.45) is 0 Å². The molecule has 2 aromatic carbocycles. The molecular weight excluding hydrogens is 204 g/mol. The highest BCUT2D eigenvalue weighted by molar-refractivity contribution is 5.81. The van der Waals surface area contributed by atoms with Gasteiger partial charge in [0.15, 0.2) is 0 Å². The lowest BCUT2D eigenvalue weighted by Gasteiger charge is -2.18. The van der Waals surface area contributed by atoms with Crippen LogP contribution in [0.2, 0.25) is 0 Å². The summed E-state index contributed by atoms with van der Waals surface area (Å²) in [4.78, 5) is 0. The van der Waals surface area contributed by atoms with Crippen LogP contribution in [0.3, 0.4) is 0 Å². The Morgan fingerprint density at radius 1 is 0.765 bits per heavy atom. The highest BCUT2D eigenvalue weighted by atomic mass is 14.2. The molecule has 2 aromatic rings. The van der Waals surface area contributed by atoms with Crippen molar-refractivity contribution in [1.82, 2.24) is 0 Å². The second-order valence-corrected chi connectivity index (χ2v) is 4.34. The Hall–Kier alpha value is -2.08. The molecule has 0 N–H and O–H groups in total. The van der Waals surface area contributed by atoms with Gasteiger partial charge in [-0.1, -0.05) is 72.8 Å². The van der Waals surface area contributed by atoms with Gasteiger partial charge in [0.1, 0.15) is 0 Å². The molecule has 0 heteroatoms. The quantitative estimate of drug-likeness (QED) is 0.693. The van der Waals surface area contributed by atoms with Crippen LogP contribution in [0.25, 0.3) is 11.6 Å². The zero-order valence-electron chi connectivity index (χ0n) is 9.64. The van der Waals surface area contributed by atoms with Crippen LogP contribution in [0.4, 0.5) is 0 Å². The van der Waals surface area contributed by atoms with Crippen LogP contribution >= 0.6 is 0 Å². The minimum Gasteiger partial charge on any atom is -0.0622 e. The smallest absolute Gasteiger partial charge is 0.00194 e. The van der Waals surface area contributed by atoms with Crippen molar-refractivity contribution in [1.29, 1.82) is 0 Å². The van der Waals surface area contributed by atoms with Gasteiger partial charge in [-0.15, -0.1) is 0 Å². The first-order chi connectivity index (χ1) is 8.42. The fourth-order valence-corrected chi connectivity index (χ4v) is 2.11. The van der Waals surface area contributed by atoms with Gasteiger partial charge < -0.3 is 0 Å². The van der Waals surface area contributed by atoms with Gasteiger partial charge >= 0.3 is 0 Å². The maximum atomic E-state index is 2.28. The number of allylic oxidation sites excluding steroid dienone is 3. The van der Waals surface area contributed by atoms with Crippen LogP contribution in [0, 0.1) is 0 Å². The molecule has 0 atom stereocenters. The zero-order valence-corrected chi connectivity index (χ0v) is 9.64. The molecule has 0 saturated heterocycles. The molecule has 0 spiro atoms. The first-order valence-corrected chi connectivity index (χ1v) is 5.93. The summed E-state index contributed by atoms with van der Waals surface area (Å²) in [6.45, 7) is 0. The number of benzene rings is 2. The van der Waals surface area contributed by atoms with Gasteiger partial charge in [-0.05, 0) is 28.7 Å². The molecule has 82 valence electrons. The third-order valence-electron chi connectivity index (χ3n) is 3.05. The van der Waals surface area contributed by atoms with Crippen molar-refractivity contribution in [2.45, 2.75) is 6.42 Å². The molecule has 17 heavy (non-hydrogen) atoms. The van der Waals surface area contributed by atoms with Crippen molar-refractivity contribution in [3.8, 4) is 0 Å². The van der Waals surface area contributed by atoms with Crippen molar-refractivity contribution in [3.05, 3.63) is 83.4 Å². The van der Waals surface area contributed by atoms with E-state index in [1.165, 1.54) is 22.3 Å². The fourth-order valence-electron chi connectivity index (χ4n) is 2.11. The molecule has 1 aliphatic rings. The van der Waals surface area contributed by atoms with E-state index in [9.17, 15) is 0 Å². The summed E-state index contributed by atoms with van der Waals surface area (Å²) in [7, 11) is 0. The second-order valence-electron chi connectivity index (χ2n) is 4.34. The molecule has 0 radical (unpaired) electrons. The van der Waals surface area contributed by atoms with E-state index < -0.39 is 0 Å². The summed E-state index contributed by atoms with van der Waals surface area (Å²) in [5.41, 5.74) is 5.48. The van der Waals surface area contributed by atoms with E-state index >= 15 is 0 Å². The minimum absolute atomic E-state index is 1.08. The predicted octanol–water partition coefficient (Wildman–Crippen LogP) is 4.56. The summed E-state index contributed by atoms with van der Waals surface area (Å²) in [6, 6.07) is 21.1. The average Bonchev–Trinajstić information content (AvgIpc) is 2.36. The van der Waals surface area contributed by atoms with E-state index in [-0.39, 0.29) is 0 Å². The Labute approximate surface area is 102 Å². The van der Waals surface area contributed by atoms with Crippen LogP contribution < -0.4 is 0 Å². The molecule has 0 unspecified atom stereocenters. The molecule has 0 aliphatic heterocycles. The summed E-state index contributed by atoms with van der Waals surface area (Å²) in [6.07, 6.45) is 5.62. The Bertz CT molecular complexity index is 560.